The number of aromatic nitrogens is 3. The SMILES string of the molecule is Cc1ccc(C)c2c1ccn2[C@@H]1C[C@H](Oc2cc(-c3ccnnc3)cc3c2CNCC3)[C@](C)(O)[C@H]1O. The first kappa shape index (κ1) is 23.2. The standard InChI is InChI=1S/C29H32N4O3/c1-17-4-5-18(2)27-22(17)8-11-33(27)24-14-26(29(3,35)28(24)34)36-25-13-21(20-7-10-31-32-15-20)12-19-6-9-30-16-23(19)25/h4-5,7-8,10-13,15,24,26,28,30,34-35H,6,9,14,16H2,1-3H3/t24-,26+,28+,29+/m1/s1. The summed E-state index contributed by atoms with van der Waals surface area (Å²) in [4.78, 5) is 0. The van der Waals surface area contributed by atoms with Crippen LogP contribution in [0.2, 0.25) is 0 Å². The molecule has 0 bridgehead atoms. The van der Waals surface area contributed by atoms with Crippen molar-refractivity contribution in [3.8, 4) is 16.9 Å². The number of nitrogens with one attached hydrogen (secondary N) is 1. The number of ether oxygens (including phenoxy) is 1. The predicted molar refractivity (Wildman–Crippen MR) is 139 cm³/mol. The molecule has 0 unspecified atom stereocenters. The van der Waals surface area contributed by atoms with Gasteiger partial charge in [-0.15, -0.1) is 0 Å². The zero-order valence-corrected chi connectivity index (χ0v) is 20.9. The zero-order valence-electron chi connectivity index (χ0n) is 20.9. The maximum absolute atomic E-state index is 11.5. The lowest BCUT2D eigenvalue weighted by Crippen LogP contribution is -2.47. The van der Waals surface area contributed by atoms with Gasteiger partial charge in [-0.3, -0.25) is 0 Å². The van der Waals surface area contributed by atoms with Crippen LogP contribution in [0.3, 0.4) is 0 Å². The van der Waals surface area contributed by atoms with Crippen LogP contribution in [0.5, 0.6) is 5.75 Å². The first-order valence-corrected chi connectivity index (χ1v) is 12.6. The fourth-order valence-corrected chi connectivity index (χ4v) is 5.93. The molecule has 6 rings (SSSR count). The van der Waals surface area contributed by atoms with E-state index in [1.165, 1.54) is 16.5 Å². The van der Waals surface area contributed by atoms with E-state index in [1.54, 1.807) is 19.3 Å². The van der Waals surface area contributed by atoms with Crippen molar-refractivity contribution in [2.45, 2.75) is 64.0 Å². The number of aliphatic hydroxyl groups is 2. The summed E-state index contributed by atoms with van der Waals surface area (Å²) in [6.07, 6.45) is 5.31. The van der Waals surface area contributed by atoms with Gasteiger partial charge in [-0.1, -0.05) is 18.2 Å². The topological polar surface area (TPSA) is 92.4 Å². The van der Waals surface area contributed by atoms with Crippen molar-refractivity contribution in [3.63, 3.8) is 0 Å². The molecule has 0 radical (unpaired) electrons. The Morgan fingerprint density at radius 1 is 1.08 bits per heavy atom. The van der Waals surface area contributed by atoms with Gasteiger partial charge in [0.25, 0.3) is 0 Å². The molecule has 3 N–H and O–H groups in total. The Hall–Kier alpha value is -3.26. The van der Waals surface area contributed by atoms with Crippen LogP contribution < -0.4 is 10.1 Å². The molecule has 2 aromatic heterocycles. The molecule has 0 spiro atoms. The van der Waals surface area contributed by atoms with Crippen molar-refractivity contribution < 1.29 is 14.9 Å². The van der Waals surface area contributed by atoms with Gasteiger partial charge in [0, 0.05) is 35.7 Å². The molecule has 7 nitrogen and oxygen atoms in total. The van der Waals surface area contributed by atoms with Crippen LogP contribution in [0.1, 0.15) is 41.6 Å². The minimum Gasteiger partial charge on any atom is -0.487 e. The number of benzene rings is 2. The summed E-state index contributed by atoms with van der Waals surface area (Å²) in [6, 6.07) is 12.2. The average molecular weight is 485 g/mol. The summed E-state index contributed by atoms with van der Waals surface area (Å²) in [6.45, 7) is 7.49. The molecule has 1 saturated carbocycles. The van der Waals surface area contributed by atoms with Crippen molar-refractivity contribution in [3.05, 3.63) is 77.2 Å². The summed E-state index contributed by atoms with van der Waals surface area (Å²) in [7, 11) is 0. The first-order valence-electron chi connectivity index (χ1n) is 12.6. The number of nitrogens with zero attached hydrogens (tertiary/aromatic N) is 3. The minimum atomic E-state index is -1.41. The van der Waals surface area contributed by atoms with Crippen molar-refractivity contribution in [1.82, 2.24) is 20.1 Å². The van der Waals surface area contributed by atoms with E-state index >= 15 is 0 Å². The Bertz CT molecular complexity index is 1430. The highest BCUT2D eigenvalue weighted by Crippen LogP contribution is 2.44. The normalized spacial score (nSPS) is 25.8. The molecular formula is C29H32N4O3. The highest BCUT2D eigenvalue weighted by molar-refractivity contribution is 5.86. The number of hydrogen-bond acceptors (Lipinski definition) is 6. The van der Waals surface area contributed by atoms with Gasteiger partial charge in [-0.25, -0.2) is 0 Å². The van der Waals surface area contributed by atoms with Crippen molar-refractivity contribution >= 4 is 10.9 Å². The average Bonchev–Trinajstić information content (AvgIpc) is 3.43. The number of hydrogen-bond donors (Lipinski definition) is 3. The van der Waals surface area contributed by atoms with Crippen LogP contribution in [0.4, 0.5) is 0 Å². The second-order valence-corrected chi connectivity index (χ2v) is 10.4. The fraction of sp³-hybridized carbons (Fsp3) is 0.379. The van der Waals surface area contributed by atoms with Gasteiger partial charge in [0.1, 0.15) is 23.6 Å². The third-order valence-corrected chi connectivity index (χ3v) is 8.09. The van der Waals surface area contributed by atoms with Crippen LogP contribution in [-0.4, -0.2) is 49.3 Å². The van der Waals surface area contributed by atoms with Crippen molar-refractivity contribution in [2.75, 3.05) is 6.54 Å². The maximum Gasteiger partial charge on any atom is 0.132 e. The fourth-order valence-electron chi connectivity index (χ4n) is 5.93. The Morgan fingerprint density at radius 2 is 1.92 bits per heavy atom. The maximum atomic E-state index is 11.5. The first-order chi connectivity index (χ1) is 17.3. The molecule has 0 amide bonds. The van der Waals surface area contributed by atoms with Gasteiger partial charge in [0.15, 0.2) is 0 Å². The van der Waals surface area contributed by atoms with Gasteiger partial charge in [-0.2, -0.15) is 10.2 Å². The van der Waals surface area contributed by atoms with Crippen molar-refractivity contribution in [1.29, 1.82) is 0 Å². The van der Waals surface area contributed by atoms with E-state index in [1.807, 2.05) is 18.3 Å². The molecule has 4 aromatic rings. The molecule has 7 heteroatoms. The lowest BCUT2D eigenvalue weighted by molar-refractivity contribution is -0.0956. The molecule has 1 aliphatic heterocycles. The van der Waals surface area contributed by atoms with E-state index in [0.29, 0.717) is 13.0 Å². The molecule has 4 atom stereocenters. The molecule has 186 valence electrons. The van der Waals surface area contributed by atoms with Crippen LogP contribution in [0, 0.1) is 13.8 Å². The van der Waals surface area contributed by atoms with Crippen molar-refractivity contribution in [2.24, 2.45) is 0 Å². The lowest BCUT2D eigenvalue weighted by atomic mass is 9.94. The second kappa shape index (κ2) is 8.69. The van der Waals surface area contributed by atoms with Crippen LogP contribution in [-0.2, 0) is 13.0 Å². The molecule has 1 fully saturated rings. The summed E-state index contributed by atoms with van der Waals surface area (Å²) < 4.78 is 8.74. The molecule has 3 heterocycles. The molecule has 2 aliphatic rings. The largest absolute Gasteiger partial charge is 0.487 e. The van der Waals surface area contributed by atoms with Gasteiger partial charge in [0.05, 0.1) is 24.0 Å². The van der Waals surface area contributed by atoms with E-state index in [-0.39, 0.29) is 6.04 Å². The highest BCUT2D eigenvalue weighted by Gasteiger charge is 2.53. The monoisotopic (exact) mass is 484 g/mol. The number of fused-ring (bicyclic) bond motifs is 2. The summed E-state index contributed by atoms with van der Waals surface area (Å²) in [5.74, 6) is 0.744. The third-order valence-electron chi connectivity index (χ3n) is 8.09. The minimum absolute atomic E-state index is 0.301. The molecule has 2 aromatic carbocycles. The van der Waals surface area contributed by atoms with Gasteiger partial charge in [0.2, 0.25) is 0 Å². The molecule has 0 saturated heterocycles. The third kappa shape index (κ3) is 3.70. The second-order valence-electron chi connectivity index (χ2n) is 10.4. The predicted octanol–water partition coefficient (Wildman–Crippen LogP) is 3.87. The van der Waals surface area contributed by atoms with E-state index in [9.17, 15) is 10.2 Å². The van der Waals surface area contributed by atoms with Gasteiger partial charge >= 0.3 is 0 Å². The Labute approximate surface area is 210 Å². The number of aliphatic hydroxyl groups excluding tert-OH is 1. The van der Waals surface area contributed by atoms with Gasteiger partial charge in [-0.05, 0) is 74.2 Å². The quantitative estimate of drug-likeness (QED) is 0.407. The zero-order chi connectivity index (χ0) is 25.0. The summed E-state index contributed by atoms with van der Waals surface area (Å²) >= 11 is 0. The smallest absolute Gasteiger partial charge is 0.132 e. The van der Waals surface area contributed by atoms with Gasteiger partial charge < -0.3 is 24.8 Å². The molecule has 1 aliphatic carbocycles. The lowest BCUT2D eigenvalue weighted by Gasteiger charge is -2.31. The van der Waals surface area contributed by atoms with Crippen LogP contribution >= 0.6 is 0 Å². The van der Waals surface area contributed by atoms with E-state index in [4.69, 9.17) is 4.74 Å². The Morgan fingerprint density at radius 3 is 2.72 bits per heavy atom. The van der Waals surface area contributed by atoms with Crippen LogP contribution in [0.15, 0.2) is 55.0 Å². The highest BCUT2D eigenvalue weighted by atomic mass is 16.5. The van der Waals surface area contributed by atoms with E-state index < -0.39 is 17.8 Å². The summed E-state index contributed by atoms with van der Waals surface area (Å²) in [5, 5.41) is 35.4. The van der Waals surface area contributed by atoms with Crippen LogP contribution in [0.25, 0.3) is 22.0 Å². The number of rotatable bonds is 4. The molecule has 36 heavy (non-hydrogen) atoms. The molecular weight excluding hydrogens is 452 g/mol. The Kier molecular flexibility index (Phi) is 5.59. The summed E-state index contributed by atoms with van der Waals surface area (Å²) in [5.41, 5.74) is 6.36. The number of aryl methyl sites for hydroxylation is 2. The Balaban J connectivity index is 1.38. The van der Waals surface area contributed by atoms with E-state index in [2.05, 4.69) is 58.2 Å². The van der Waals surface area contributed by atoms with E-state index in [0.717, 1.165) is 46.5 Å².